The standard InChI is InChI=1S/C9H20O3/c1-7(2)12-9(4-5-10)6-8(3)11/h7-11H,4-6H2,1-3H3. The normalized spacial score (nSPS) is 16.5. The van der Waals surface area contributed by atoms with Gasteiger partial charge in [-0.25, -0.2) is 0 Å². The number of aliphatic hydroxyl groups excluding tert-OH is 2. The Hall–Kier alpha value is -0.120. The van der Waals surface area contributed by atoms with Crippen LogP contribution in [0, 0.1) is 0 Å². The van der Waals surface area contributed by atoms with Gasteiger partial charge in [0.15, 0.2) is 0 Å². The zero-order valence-electron chi connectivity index (χ0n) is 8.16. The molecule has 3 nitrogen and oxygen atoms in total. The molecule has 0 aliphatic heterocycles. The highest BCUT2D eigenvalue weighted by Crippen LogP contribution is 2.09. The fourth-order valence-corrected chi connectivity index (χ4v) is 1.15. The van der Waals surface area contributed by atoms with Crippen molar-refractivity contribution in [2.24, 2.45) is 0 Å². The van der Waals surface area contributed by atoms with E-state index in [1.807, 2.05) is 13.8 Å². The third-order valence-electron chi connectivity index (χ3n) is 1.52. The third kappa shape index (κ3) is 6.58. The molecule has 0 saturated carbocycles. The first-order valence-corrected chi connectivity index (χ1v) is 4.50. The van der Waals surface area contributed by atoms with Crippen molar-refractivity contribution in [2.45, 2.75) is 51.9 Å². The summed E-state index contributed by atoms with van der Waals surface area (Å²) in [7, 11) is 0. The molecule has 0 spiro atoms. The van der Waals surface area contributed by atoms with Gasteiger partial charge in [0, 0.05) is 6.61 Å². The first kappa shape index (κ1) is 11.9. The second-order valence-corrected chi connectivity index (χ2v) is 3.40. The average Bonchev–Trinajstić information content (AvgIpc) is 1.84. The van der Waals surface area contributed by atoms with Crippen molar-refractivity contribution in [1.82, 2.24) is 0 Å². The molecule has 0 saturated heterocycles. The summed E-state index contributed by atoms with van der Waals surface area (Å²) in [5, 5.41) is 17.8. The summed E-state index contributed by atoms with van der Waals surface area (Å²) in [6.45, 7) is 5.75. The molecule has 0 aliphatic carbocycles. The van der Waals surface area contributed by atoms with Gasteiger partial charge in [0.2, 0.25) is 0 Å². The van der Waals surface area contributed by atoms with E-state index in [2.05, 4.69) is 0 Å². The monoisotopic (exact) mass is 176 g/mol. The van der Waals surface area contributed by atoms with E-state index in [-0.39, 0.29) is 24.9 Å². The lowest BCUT2D eigenvalue weighted by Gasteiger charge is -2.20. The van der Waals surface area contributed by atoms with E-state index < -0.39 is 0 Å². The van der Waals surface area contributed by atoms with Crippen molar-refractivity contribution in [3.63, 3.8) is 0 Å². The van der Waals surface area contributed by atoms with E-state index in [0.29, 0.717) is 12.8 Å². The third-order valence-corrected chi connectivity index (χ3v) is 1.52. The molecule has 2 atom stereocenters. The van der Waals surface area contributed by atoms with Gasteiger partial charge in [0.25, 0.3) is 0 Å². The average molecular weight is 176 g/mol. The maximum absolute atomic E-state index is 9.10. The first-order valence-electron chi connectivity index (χ1n) is 4.50. The lowest BCUT2D eigenvalue weighted by Crippen LogP contribution is -2.23. The molecule has 0 bridgehead atoms. The van der Waals surface area contributed by atoms with Crippen LogP contribution in [0.5, 0.6) is 0 Å². The van der Waals surface area contributed by atoms with Crippen molar-refractivity contribution in [3.05, 3.63) is 0 Å². The molecule has 2 unspecified atom stereocenters. The van der Waals surface area contributed by atoms with E-state index in [4.69, 9.17) is 14.9 Å². The summed E-state index contributed by atoms with van der Waals surface area (Å²) < 4.78 is 5.48. The molecule has 0 radical (unpaired) electrons. The highest BCUT2D eigenvalue weighted by atomic mass is 16.5. The van der Waals surface area contributed by atoms with Crippen LogP contribution in [0.2, 0.25) is 0 Å². The van der Waals surface area contributed by atoms with E-state index in [1.54, 1.807) is 6.92 Å². The molecule has 0 aromatic carbocycles. The summed E-state index contributed by atoms with van der Waals surface area (Å²) in [5.74, 6) is 0. The Morgan fingerprint density at radius 2 is 1.83 bits per heavy atom. The van der Waals surface area contributed by atoms with Gasteiger partial charge in [0.1, 0.15) is 0 Å². The molecular weight excluding hydrogens is 156 g/mol. The van der Waals surface area contributed by atoms with Crippen molar-refractivity contribution < 1.29 is 14.9 Å². The molecule has 0 aromatic rings. The van der Waals surface area contributed by atoms with Crippen molar-refractivity contribution in [2.75, 3.05) is 6.61 Å². The van der Waals surface area contributed by atoms with Crippen LogP contribution in [-0.4, -0.2) is 35.1 Å². The van der Waals surface area contributed by atoms with E-state index in [0.717, 1.165) is 0 Å². The van der Waals surface area contributed by atoms with Gasteiger partial charge in [-0.05, 0) is 33.6 Å². The molecule has 3 heteroatoms. The van der Waals surface area contributed by atoms with E-state index in [9.17, 15) is 0 Å². The van der Waals surface area contributed by atoms with Crippen LogP contribution in [0.15, 0.2) is 0 Å². The Labute approximate surface area is 74.4 Å². The fourth-order valence-electron chi connectivity index (χ4n) is 1.15. The molecule has 0 heterocycles. The Balaban J connectivity index is 3.69. The van der Waals surface area contributed by atoms with Gasteiger partial charge in [-0.1, -0.05) is 0 Å². The molecule has 12 heavy (non-hydrogen) atoms. The SMILES string of the molecule is CC(O)CC(CCO)OC(C)C. The minimum absolute atomic E-state index is 0.0185. The Morgan fingerprint density at radius 3 is 2.17 bits per heavy atom. The van der Waals surface area contributed by atoms with Crippen LogP contribution in [0.1, 0.15) is 33.6 Å². The zero-order chi connectivity index (χ0) is 9.56. The second kappa shape index (κ2) is 6.40. The zero-order valence-corrected chi connectivity index (χ0v) is 8.16. The lowest BCUT2D eigenvalue weighted by molar-refractivity contribution is -0.0280. The van der Waals surface area contributed by atoms with Crippen molar-refractivity contribution in [1.29, 1.82) is 0 Å². The summed E-state index contributed by atoms with van der Waals surface area (Å²) in [6, 6.07) is 0. The molecule has 2 N–H and O–H groups in total. The van der Waals surface area contributed by atoms with Gasteiger partial charge >= 0.3 is 0 Å². The highest BCUT2D eigenvalue weighted by molar-refractivity contribution is 4.62. The number of ether oxygens (including phenoxy) is 1. The molecule has 0 fully saturated rings. The first-order chi connectivity index (χ1) is 5.56. The van der Waals surface area contributed by atoms with Gasteiger partial charge in [-0.3, -0.25) is 0 Å². The number of rotatable bonds is 6. The fraction of sp³-hybridized carbons (Fsp3) is 1.00. The number of hydrogen-bond donors (Lipinski definition) is 2. The number of aliphatic hydroxyl groups is 2. The van der Waals surface area contributed by atoms with Crippen LogP contribution in [0.25, 0.3) is 0 Å². The molecule has 0 rings (SSSR count). The molecule has 0 aromatic heterocycles. The summed E-state index contributed by atoms with van der Waals surface area (Å²) in [5.41, 5.74) is 0. The Bertz CT molecular complexity index is 91.9. The number of hydrogen-bond acceptors (Lipinski definition) is 3. The minimum Gasteiger partial charge on any atom is -0.396 e. The molecule has 0 amide bonds. The maximum Gasteiger partial charge on any atom is 0.0625 e. The Morgan fingerprint density at radius 1 is 1.25 bits per heavy atom. The summed E-state index contributed by atoms with van der Waals surface area (Å²) >= 11 is 0. The van der Waals surface area contributed by atoms with Gasteiger partial charge in [-0.15, -0.1) is 0 Å². The highest BCUT2D eigenvalue weighted by Gasteiger charge is 2.12. The summed E-state index contributed by atoms with van der Waals surface area (Å²) in [4.78, 5) is 0. The predicted octanol–water partition coefficient (Wildman–Crippen LogP) is 0.933. The largest absolute Gasteiger partial charge is 0.396 e. The van der Waals surface area contributed by atoms with Crippen LogP contribution >= 0.6 is 0 Å². The Kier molecular flexibility index (Phi) is 6.34. The lowest BCUT2D eigenvalue weighted by atomic mass is 10.1. The predicted molar refractivity (Wildman–Crippen MR) is 48.0 cm³/mol. The van der Waals surface area contributed by atoms with Gasteiger partial charge < -0.3 is 14.9 Å². The van der Waals surface area contributed by atoms with Gasteiger partial charge in [0.05, 0.1) is 18.3 Å². The quantitative estimate of drug-likeness (QED) is 0.633. The molecular formula is C9H20O3. The minimum atomic E-state index is -0.361. The van der Waals surface area contributed by atoms with Crippen molar-refractivity contribution in [3.8, 4) is 0 Å². The molecule has 0 aliphatic rings. The van der Waals surface area contributed by atoms with Crippen LogP contribution in [-0.2, 0) is 4.74 Å². The summed E-state index contributed by atoms with van der Waals surface area (Å²) in [6.07, 6.45) is 0.970. The van der Waals surface area contributed by atoms with Crippen LogP contribution in [0.3, 0.4) is 0 Å². The molecule has 74 valence electrons. The van der Waals surface area contributed by atoms with E-state index in [1.165, 1.54) is 0 Å². The smallest absolute Gasteiger partial charge is 0.0625 e. The van der Waals surface area contributed by atoms with Crippen LogP contribution < -0.4 is 0 Å². The van der Waals surface area contributed by atoms with Gasteiger partial charge in [-0.2, -0.15) is 0 Å². The second-order valence-electron chi connectivity index (χ2n) is 3.40. The van der Waals surface area contributed by atoms with Crippen molar-refractivity contribution >= 4 is 0 Å². The maximum atomic E-state index is 9.10. The topological polar surface area (TPSA) is 49.7 Å². The van der Waals surface area contributed by atoms with Crippen LogP contribution in [0.4, 0.5) is 0 Å². The van der Waals surface area contributed by atoms with E-state index >= 15 is 0 Å².